The normalized spacial score (nSPS) is 10.5. The van der Waals surface area contributed by atoms with Crippen LogP contribution in [-0.2, 0) is 16.1 Å². The van der Waals surface area contributed by atoms with Crippen molar-refractivity contribution in [2.75, 3.05) is 26.1 Å². The molecule has 1 aromatic rings. The fraction of sp³-hybridized carbons (Fsp3) is 0.455. The van der Waals surface area contributed by atoms with E-state index in [1.807, 2.05) is 0 Å². The SMILES string of the molecule is COCCCOCc1ccc(N)c(F)c1. The van der Waals surface area contributed by atoms with Gasteiger partial charge in [0, 0.05) is 20.3 Å². The lowest BCUT2D eigenvalue weighted by molar-refractivity contribution is 0.0927. The maximum Gasteiger partial charge on any atom is 0.146 e. The smallest absolute Gasteiger partial charge is 0.146 e. The Morgan fingerprint density at radius 1 is 1.33 bits per heavy atom. The number of methoxy groups -OCH3 is 1. The van der Waals surface area contributed by atoms with E-state index in [4.69, 9.17) is 15.2 Å². The quantitative estimate of drug-likeness (QED) is 0.580. The van der Waals surface area contributed by atoms with Gasteiger partial charge in [0.1, 0.15) is 5.82 Å². The zero-order valence-corrected chi connectivity index (χ0v) is 8.83. The van der Waals surface area contributed by atoms with Gasteiger partial charge < -0.3 is 15.2 Å². The predicted molar refractivity (Wildman–Crippen MR) is 57.0 cm³/mol. The number of nitrogens with two attached hydrogens (primary N) is 1. The molecule has 0 unspecified atom stereocenters. The van der Waals surface area contributed by atoms with E-state index >= 15 is 0 Å². The van der Waals surface area contributed by atoms with Gasteiger partial charge in [-0.2, -0.15) is 0 Å². The Balaban J connectivity index is 2.28. The number of halogens is 1. The third-order valence-corrected chi connectivity index (χ3v) is 1.97. The molecular weight excluding hydrogens is 197 g/mol. The summed E-state index contributed by atoms with van der Waals surface area (Å²) >= 11 is 0. The summed E-state index contributed by atoms with van der Waals surface area (Å²) < 4.78 is 23.2. The monoisotopic (exact) mass is 213 g/mol. The number of hydrogen-bond acceptors (Lipinski definition) is 3. The van der Waals surface area contributed by atoms with Crippen LogP contribution in [0.5, 0.6) is 0 Å². The van der Waals surface area contributed by atoms with Crippen molar-refractivity contribution >= 4 is 5.69 Å². The lowest BCUT2D eigenvalue weighted by Crippen LogP contribution is -2.00. The third kappa shape index (κ3) is 4.27. The second-order valence-corrected chi connectivity index (χ2v) is 3.25. The minimum atomic E-state index is -0.395. The topological polar surface area (TPSA) is 44.5 Å². The molecule has 3 nitrogen and oxygen atoms in total. The van der Waals surface area contributed by atoms with Crippen molar-refractivity contribution in [2.45, 2.75) is 13.0 Å². The Hall–Kier alpha value is -1.13. The Morgan fingerprint density at radius 2 is 2.13 bits per heavy atom. The highest BCUT2D eigenvalue weighted by atomic mass is 19.1. The van der Waals surface area contributed by atoms with Gasteiger partial charge in [-0.25, -0.2) is 4.39 Å². The summed E-state index contributed by atoms with van der Waals surface area (Å²) in [5.41, 5.74) is 6.31. The maximum atomic E-state index is 13.0. The van der Waals surface area contributed by atoms with E-state index < -0.39 is 5.82 Å². The lowest BCUT2D eigenvalue weighted by atomic mass is 10.2. The van der Waals surface area contributed by atoms with E-state index in [1.54, 1.807) is 19.2 Å². The molecule has 0 amide bonds. The molecule has 1 aromatic carbocycles. The second kappa shape index (κ2) is 6.37. The van der Waals surface area contributed by atoms with Gasteiger partial charge in [0.05, 0.1) is 12.3 Å². The second-order valence-electron chi connectivity index (χ2n) is 3.25. The zero-order chi connectivity index (χ0) is 11.1. The third-order valence-electron chi connectivity index (χ3n) is 1.97. The minimum Gasteiger partial charge on any atom is -0.396 e. The molecule has 0 spiro atoms. The van der Waals surface area contributed by atoms with Crippen LogP contribution in [0.3, 0.4) is 0 Å². The first-order valence-electron chi connectivity index (χ1n) is 4.84. The molecule has 1 rings (SSSR count). The molecule has 4 heteroatoms. The Bertz CT molecular complexity index is 305. The first kappa shape index (κ1) is 11.9. The number of hydrogen-bond donors (Lipinski definition) is 1. The molecule has 84 valence electrons. The van der Waals surface area contributed by atoms with E-state index in [2.05, 4.69) is 0 Å². The summed E-state index contributed by atoms with van der Waals surface area (Å²) in [5, 5.41) is 0. The molecule has 0 saturated heterocycles. The molecule has 0 bridgehead atoms. The van der Waals surface area contributed by atoms with Crippen LogP contribution in [0, 0.1) is 5.82 Å². The van der Waals surface area contributed by atoms with Gasteiger partial charge in [0.2, 0.25) is 0 Å². The van der Waals surface area contributed by atoms with Gasteiger partial charge in [0.25, 0.3) is 0 Å². The number of anilines is 1. The predicted octanol–water partition coefficient (Wildman–Crippen LogP) is 1.96. The number of ether oxygens (including phenoxy) is 2. The highest BCUT2D eigenvalue weighted by Crippen LogP contribution is 2.12. The molecule has 0 saturated carbocycles. The van der Waals surface area contributed by atoms with Crippen LogP contribution in [0.2, 0.25) is 0 Å². The molecule has 0 atom stereocenters. The van der Waals surface area contributed by atoms with Crippen LogP contribution in [0.25, 0.3) is 0 Å². The highest BCUT2D eigenvalue weighted by molar-refractivity contribution is 5.41. The number of rotatable bonds is 6. The molecule has 0 fully saturated rings. The molecular formula is C11H16FNO2. The molecule has 15 heavy (non-hydrogen) atoms. The van der Waals surface area contributed by atoms with Crippen LogP contribution in [0.4, 0.5) is 10.1 Å². The molecule has 0 aliphatic rings. The maximum absolute atomic E-state index is 13.0. The van der Waals surface area contributed by atoms with Gasteiger partial charge in [-0.05, 0) is 24.1 Å². The largest absolute Gasteiger partial charge is 0.396 e. The van der Waals surface area contributed by atoms with E-state index in [9.17, 15) is 4.39 Å². The van der Waals surface area contributed by atoms with Crippen molar-refractivity contribution in [2.24, 2.45) is 0 Å². The summed E-state index contributed by atoms with van der Waals surface area (Å²) in [5.74, 6) is -0.395. The van der Waals surface area contributed by atoms with Crippen molar-refractivity contribution in [3.8, 4) is 0 Å². The van der Waals surface area contributed by atoms with Crippen molar-refractivity contribution < 1.29 is 13.9 Å². The summed E-state index contributed by atoms with van der Waals surface area (Å²) in [7, 11) is 1.65. The average molecular weight is 213 g/mol. The van der Waals surface area contributed by atoms with Gasteiger partial charge in [0.15, 0.2) is 0 Å². The first-order valence-corrected chi connectivity index (χ1v) is 4.84. The van der Waals surface area contributed by atoms with Crippen molar-refractivity contribution in [1.82, 2.24) is 0 Å². The highest BCUT2D eigenvalue weighted by Gasteiger charge is 1.99. The molecule has 0 aliphatic carbocycles. The van der Waals surface area contributed by atoms with Gasteiger partial charge in [-0.1, -0.05) is 6.07 Å². The fourth-order valence-electron chi connectivity index (χ4n) is 1.16. The average Bonchev–Trinajstić information content (AvgIpc) is 2.23. The van der Waals surface area contributed by atoms with E-state index in [-0.39, 0.29) is 5.69 Å². The summed E-state index contributed by atoms with van der Waals surface area (Å²) in [4.78, 5) is 0. The molecule has 0 heterocycles. The van der Waals surface area contributed by atoms with Crippen molar-refractivity contribution in [1.29, 1.82) is 0 Å². The van der Waals surface area contributed by atoms with Gasteiger partial charge in [-0.3, -0.25) is 0 Å². The van der Waals surface area contributed by atoms with Gasteiger partial charge >= 0.3 is 0 Å². The minimum absolute atomic E-state index is 0.165. The van der Waals surface area contributed by atoms with E-state index in [0.717, 1.165) is 12.0 Å². The van der Waals surface area contributed by atoms with Crippen molar-refractivity contribution in [3.63, 3.8) is 0 Å². The van der Waals surface area contributed by atoms with Crippen LogP contribution in [0.15, 0.2) is 18.2 Å². The van der Waals surface area contributed by atoms with Crippen LogP contribution in [-0.4, -0.2) is 20.3 Å². The lowest BCUT2D eigenvalue weighted by Gasteiger charge is -2.05. The Labute approximate surface area is 89.0 Å². The fourth-order valence-corrected chi connectivity index (χ4v) is 1.16. The molecule has 0 aromatic heterocycles. The van der Waals surface area contributed by atoms with Gasteiger partial charge in [-0.15, -0.1) is 0 Å². The Morgan fingerprint density at radius 3 is 2.80 bits per heavy atom. The number of nitrogen functional groups attached to an aromatic ring is 1. The molecule has 2 N–H and O–H groups in total. The van der Waals surface area contributed by atoms with Crippen LogP contribution >= 0.6 is 0 Å². The Kier molecular flexibility index (Phi) is 5.07. The zero-order valence-electron chi connectivity index (χ0n) is 8.83. The number of benzene rings is 1. The standard InChI is InChI=1S/C11H16FNO2/c1-14-5-2-6-15-8-9-3-4-11(13)10(12)7-9/h3-4,7H,2,5-6,8,13H2,1H3. The molecule has 0 aliphatic heterocycles. The first-order chi connectivity index (χ1) is 7.24. The van der Waals surface area contributed by atoms with Crippen molar-refractivity contribution in [3.05, 3.63) is 29.6 Å². The summed E-state index contributed by atoms with van der Waals surface area (Å²) in [6, 6.07) is 4.70. The summed E-state index contributed by atoms with van der Waals surface area (Å²) in [6.45, 7) is 1.69. The van der Waals surface area contributed by atoms with E-state index in [1.165, 1.54) is 6.07 Å². The molecule has 0 radical (unpaired) electrons. The van der Waals surface area contributed by atoms with Crippen LogP contribution in [0.1, 0.15) is 12.0 Å². The van der Waals surface area contributed by atoms with E-state index in [0.29, 0.717) is 19.8 Å². The summed E-state index contributed by atoms with van der Waals surface area (Å²) in [6.07, 6.45) is 0.841. The van der Waals surface area contributed by atoms with Crippen LogP contribution < -0.4 is 5.73 Å².